The lowest BCUT2D eigenvalue weighted by molar-refractivity contribution is -0.136. The molecule has 204 valence electrons. The molecular formula is C29H30F2N4O4. The monoisotopic (exact) mass is 536 g/mol. The van der Waals surface area contributed by atoms with Crippen LogP contribution in [0, 0.1) is 17.6 Å². The molecule has 0 saturated heterocycles. The summed E-state index contributed by atoms with van der Waals surface area (Å²) in [5.41, 5.74) is 11.2. The van der Waals surface area contributed by atoms with Crippen molar-refractivity contribution < 1.29 is 28.0 Å². The number of aromatic nitrogens is 1. The lowest BCUT2D eigenvalue weighted by atomic mass is 9.89. The number of carbonyl (C=O) groups is 4. The average molecular weight is 537 g/mol. The zero-order valence-corrected chi connectivity index (χ0v) is 21.6. The van der Waals surface area contributed by atoms with Crippen molar-refractivity contribution in [2.75, 3.05) is 0 Å². The van der Waals surface area contributed by atoms with E-state index < -0.39 is 53.0 Å². The summed E-state index contributed by atoms with van der Waals surface area (Å²) in [5, 5.41) is 2.46. The fourth-order valence-corrected chi connectivity index (χ4v) is 3.91. The van der Waals surface area contributed by atoms with Crippen LogP contribution in [0.4, 0.5) is 8.78 Å². The highest BCUT2D eigenvalue weighted by atomic mass is 19.2. The summed E-state index contributed by atoms with van der Waals surface area (Å²) in [6.07, 6.45) is 0.733. The lowest BCUT2D eigenvalue weighted by Gasteiger charge is -2.24. The van der Waals surface area contributed by atoms with Crippen molar-refractivity contribution in [1.82, 2.24) is 10.3 Å². The number of nitrogens with two attached hydrogens (primary N) is 2. The van der Waals surface area contributed by atoms with Gasteiger partial charge in [-0.1, -0.05) is 38.1 Å². The van der Waals surface area contributed by atoms with Gasteiger partial charge in [-0.2, -0.15) is 0 Å². The van der Waals surface area contributed by atoms with Gasteiger partial charge in [-0.3, -0.25) is 24.2 Å². The Morgan fingerprint density at radius 1 is 0.923 bits per heavy atom. The highest BCUT2D eigenvalue weighted by molar-refractivity contribution is 6.17. The molecule has 0 fully saturated rings. The molecule has 0 bridgehead atoms. The number of nitrogens with zero attached hydrogens (tertiary/aromatic N) is 1. The number of rotatable bonds is 12. The predicted octanol–water partition coefficient (Wildman–Crippen LogP) is 3.13. The van der Waals surface area contributed by atoms with E-state index in [-0.39, 0.29) is 24.3 Å². The van der Waals surface area contributed by atoms with Gasteiger partial charge in [-0.05, 0) is 54.3 Å². The van der Waals surface area contributed by atoms with E-state index in [4.69, 9.17) is 11.5 Å². The first-order chi connectivity index (χ1) is 18.4. The number of carbonyl (C=O) groups excluding carboxylic acids is 4. The van der Waals surface area contributed by atoms with Gasteiger partial charge in [0.25, 0.3) is 5.91 Å². The van der Waals surface area contributed by atoms with Gasteiger partial charge in [-0.25, -0.2) is 8.78 Å². The smallest absolute Gasteiger partial charge is 0.251 e. The molecule has 3 aromatic rings. The van der Waals surface area contributed by atoms with Gasteiger partial charge in [-0.15, -0.1) is 0 Å². The molecule has 1 atom stereocenters. The van der Waals surface area contributed by atoms with Crippen molar-refractivity contribution >= 4 is 23.3 Å². The molecule has 0 unspecified atom stereocenters. The maximum absolute atomic E-state index is 13.6. The van der Waals surface area contributed by atoms with Crippen LogP contribution in [0.1, 0.15) is 42.6 Å². The van der Waals surface area contributed by atoms with Crippen LogP contribution in [0.5, 0.6) is 0 Å². The van der Waals surface area contributed by atoms with Gasteiger partial charge in [0.05, 0.1) is 18.2 Å². The van der Waals surface area contributed by atoms with Crippen LogP contribution in [0.2, 0.25) is 0 Å². The summed E-state index contributed by atoms with van der Waals surface area (Å²) in [5.74, 6) is -5.75. The van der Waals surface area contributed by atoms with E-state index in [2.05, 4.69) is 10.3 Å². The lowest BCUT2D eigenvalue weighted by Crippen LogP contribution is -2.63. The topological polar surface area (TPSA) is 145 Å². The Labute approximate surface area is 224 Å². The molecule has 8 nitrogen and oxygen atoms in total. The summed E-state index contributed by atoms with van der Waals surface area (Å²) in [4.78, 5) is 55.7. The number of benzene rings is 2. The summed E-state index contributed by atoms with van der Waals surface area (Å²) in [6.45, 7) is 3.59. The van der Waals surface area contributed by atoms with Crippen LogP contribution in [0.3, 0.4) is 0 Å². The van der Waals surface area contributed by atoms with E-state index in [1.54, 1.807) is 44.3 Å². The van der Waals surface area contributed by atoms with Crippen molar-refractivity contribution in [1.29, 1.82) is 0 Å². The molecule has 3 rings (SSSR count). The second-order valence-electron chi connectivity index (χ2n) is 9.74. The molecule has 0 radical (unpaired) electrons. The molecule has 1 amide bonds. The molecule has 2 aromatic carbocycles. The van der Waals surface area contributed by atoms with Crippen molar-refractivity contribution in [3.05, 3.63) is 89.6 Å². The van der Waals surface area contributed by atoms with Crippen LogP contribution >= 0.6 is 0 Å². The van der Waals surface area contributed by atoms with Crippen molar-refractivity contribution in [2.45, 2.75) is 44.8 Å². The second-order valence-corrected chi connectivity index (χ2v) is 9.74. The fraction of sp³-hybridized carbons (Fsp3) is 0.276. The molecule has 1 aromatic heterocycles. The highest BCUT2D eigenvalue weighted by Gasteiger charge is 2.39. The summed E-state index contributed by atoms with van der Waals surface area (Å²) in [7, 11) is 0. The average Bonchev–Trinajstić information content (AvgIpc) is 2.90. The molecular weight excluding hydrogens is 506 g/mol. The standard InChI is InChI=1S/C29H30F2N4O4/c1-17(2)12-24(35-28(39)20-9-10-21(30)22(31)15-20)25(36)16-27(38)29(32,33)26(37)14-18-6-5-7-19(13-18)23-8-3-4-11-34-23/h3-11,13,15,17,24H,12,14,16,32-33H2,1-2H3,(H,35,39)/t24-/m0/s1. The molecule has 0 aliphatic carbocycles. The number of halogens is 2. The Bertz CT molecular complexity index is 1380. The zero-order valence-electron chi connectivity index (χ0n) is 21.6. The van der Waals surface area contributed by atoms with E-state index in [0.717, 1.165) is 17.7 Å². The molecule has 5 N–H and O–H groups in total. The number of nitrogens with one attached hydrogen (secondary N) is 1. The second kappa shape index (κ2) is 12.6. The molecule has 0 aliphatic heterocycles. The molecule has 0 saturated carbocycles. The van der Waals surface area contributed by atoms with Crippen LogP contribution in [-0.2, 0) is 20.8 Å². The molecule has 0 aliphatic rings. The van der Waals surface area contributed by atoms with E-state index in [1.165, 1.54) is 0 Å². The van der Waals surface area contributed by atoms with Crippen molar-refractivity contribution in [3.8, 4) is 11.3 Å². The molecule has 10 heteroatoms. The summed E-state index contributed by atoms with van der Waals surface area (Å²) < 4.78 is 26.8. The van der Waals surface area contributed by atoms with Crippen LogP contribution in [0.25, 0.3) is 11.3 Å². The van der Waals surface area contributed by atoms with Gasteiger partial charge >= 0.3 is 0 Å². The minimum Gasteiger partial charge on any atom is -0.342 e. The number of amides is 1. The van der Waals surface area contributed by atoms with E-state index in [0.29, 0.717) is 17.3 Å². The third-order valence-corrected chi connectivity index (χ3v) is 6.09. The quantitative estimate of drug-likeness (QED) is 0.238. The predicted molar refractivity (Wildman–Crippen MR) is 141 cm³/mol. The first kappa shape index (κ1) is 29.4. The fourth-order valence-electron chi connectivity index (χ4n) is 3.91. The molecule has 0 spiro atoms. The number of pyridine rings is 1. The largest absolute Gasteiger partial charge is 0.342 e. The van der Waals surface area contributed by atoms with Gasteiger partial charge in [0.2, 0.25) is 0 Å². The Morgan fingerprint density at radius 3 is 2.31 bits per heavy atom. The Kier molecular flexibility index (Phi) is 9.50. The highest BCUT2D eigenvalue weighted by Crippen LogP contribution is 2.19. The number of hydrogen-bond donors (Lipinski definition) is 3. The third kappa shape index (κ3) is 7.68. The van der Waals surface area contributed by atoms with Gasteiger partial charge < -0.3 is 16.8 Å². The molecule has 1 heterocycles. The van der Waals surface area contributed by atoms with Gasteiger partial charge in [0, 0.05) is 23.7 Å². The van der Waals surface area contributed by atoms with Crippen LogP contribution < -0.4 is 16.8 Å². The Hall–Kier alpha value is -4.15. The van der Waals surface area contributed by atoms with Crippen molar-refractivity contribution in [2.24, 2.45) is 17.4 Å². The summed E-state index contributed by atoms with van der Waals surface area (Å²) in [6, 6.07) is 13.8. The third-order valence-electron chi connectivity index (χ3n) is 6.09. The zero-order chi connectivity index (χ0) is 28.7. The minimum absolute atomic E-state index is 0.0761. The first-order valence-electron chi connectivity index (χ1n) is 12.3. The maximum atomic E-state index is 13.6. The minimum atomic E-state index is -2.44. The van der Waals surface area contributed by atoms with Crippen molar-refractivity contribution in [3.63, 3.8) is 0 Å². The Balaban J connectivity index is 1.69. The normalized spacial score (nSPS) is 12.2. The van der Waals surface area contributed by atoms with E-state index in [1.807, 2.05) is 18.2 Å². The van der Waals surface area contributed by atoms with E-state index in [9.17, 15) is 28.0 Å². The van der Waals surface area contributed by atoms with Gasteiger partial charge in [0.1, 0.15) is 0 Å². The van der Waals surface area contributed by atoms with E-state index >= 15 is 0 Å². The number of hydrogen-bond acceptors (Lipinski definition) is 7. The number of Topliss-reactive ketones (excluding diaryl/α,β-unsaturated/α-hetero) is 3. The van der Waals surface area contributed by atoms with Crippen LogP contribution in [0.15, 0.2) is 66.9 Å². The van der Waals surface area contributed by atoms with Crippen LogP contribution in [-0.4, -0.2) is 39.9 Å². The van der Waals surface area contributed by atoms with Gasteiger partial charge in [0.15, 0.2) is 34.6 Å². The maximum Gasteiger partial charge on any atom is 0.251 e. The SMILES string of the molecule is CC(C)C[C@H](NC(=O)c1ccc(F)c(F)c1)C(=O)CC(=O)C(N)(N)C(=O)Cc1cccc(-c2ccccn2)c1. The first-order valence-corrected chi connectivity index (χ1v) is 12.3. The Morgan fingerprint density at radius 2 is 1.67 bits per heavy atom. The number of ketones is 3. The molecule has 39 heavy (non-hydrogen) atoms. The summed E-state index contributed by atoms with van der Waals surface area (Å²) >= 11 is 0.